The summed E-state index contributed by atoms with van der Waals surface area (Å²) in [6.45, 7) is 3.00. The number of rotatable bonds is 4. The average molecular weight is 412 g/mol. The van der Waals surface area contributed by atoms with E-state index >= 15 is 0 Å². The van der Waals surface area contributed by atoms with E-state index < -0.39 is 37.8 Å². The molecule has 0 aliphatic carbocycles. The standard InChI is InChI=1S/C14H25N2O8PS/c1-14(2,9-23-25(20,21)22)12-13(19)16-5-3-10(17)15-6-8-26-7-4-11(18)24-12/h12H,3-9H2,1-2H3,(H,15,17)(H,16,19)(H2,20,21,22)/t12-/m0/s1. The van der Waals surface area contributed by atoms with Crippen LogP contribution >= 0.6 is 19.6 Å². The lowest BCUT2D eigenvalue weighted by atomic mass is 9.86. The Labute approximate surface area is 156 Å². The summed E-state index contributed by atoms with van der Waals surface area (Å²) in [6.07, 6.45) is -1.19. The first-order chi connectivity index (χ1) is 12.0. The molecule has 0 bridgehead atoms. The molecule has 1 heterocycles. The van der Waals surface area contributed by atoms with Crippen LogP contribution in [-0.4, -0.2) is 64.9 Å². The number of phosphoric acid groups is 1. The highest BCUT2D eigenvalue weighted by Gasteiger charge is 2.40. The number of phosphoric ester groups is 1. The molecule has 1 aliphatic heterocycles. The van der Waals surface area contributed by atoms with Crippen LogP contribution in [0.2, 0.25) is 0 Å². The minimum absolute atomic E-state index is 0.0429. The maximum Gasteiger partial charge on any atom is 0.469 e. The number of thioether (sulfide) groups is 1. The van der Waals surface area contributed by atoms with Gasteiger partial charge in [-0.1, -0.05) is 13.8 Å². The van der Waals surface area contributed by atoms with E-state index in [2.05, 4.69) is 15.2 Å². The van der Waals surface area contributed by atoms with Crippen molar-refractivity contribution < 1.29 is 38.0 Å². The summed E-state index contributed by atoms with van der Waals surface area (Å²) in [5.41, 5.74) is -1.20. The van der Waals surface area contributed by atoms with Gasteiger partial charge in [0.15, 0.2) is 6.10 Å². The minimum atomic E-state index is -4.74. The highest BCUT2D eigenvalue weighted by molar-refractivity contribution is 7.99. The summed E-state index contributed by atoms with van der Waals surface area (Å²) >= 11 is 1.46. The highest BCUT2D eigenvalue weighted by atomic mass is 32.2. The molecule has 26 heavy (non-hydrogen) atoms. The molecule has 0 aromatic rings. The molecular weight excluding hydrogens is 387 g/mol. The molecule has 12 heteroatoms. The number of carbonyl (C=O) groups excluding carboxylic acids is 3. The molecular formula is C14H25N2O8PS. The van der Waals surface area contributed by atoms with Gasteiger partial charge in [-0.05, 0) is 0 Å². The van der Waals surface area contributed by atoms with Crippen molar-refractivity contribution in [3.05, 3.63) is 0 Å². The summed E-state index contributed by atoms with van der Waals surface area (Å²) in [6, 6.07) is 0. The summed E-state index contributed by atoms with van der Waals surface area (Å²) in [7, 11) is -4.74. The van der Waals surface area contributed by atoms with Gasteiger partial charge in [-0.25, -0.2) is 4.57 Å². The molecule has 0 aromatic heterocycles. The third-order valence-electron chi connectivity index (χ3n) is 3.47. The third-order valence-corrected chi connectivity index (χ3v) is 4.92. The SMILES string of the molecule is CC(C)(COP(=O)(O)O)[C@H]1OC(=O)CCSCCNC(=O)CCNC1=O. The fraction of sp³-hybridized carbons (Fsp3) is 0.786. The second kappa shape index (κ2) is 10.3. The fourth-order valence-corrected chi connectivity index (χ4v) is 3.35. The molecule has 0 unspecified atom stereocenters. The van der Waals surface area contributed by atoms with Crippen LogP contribution in [0.15, 0.2) is 0 Å². The summed E-state index contributed by atoms with van der Waals surface area (Å²) < 4.78 is 20.7. The molecule has 0 aromatic carbocycles. The molecule has 150 valence electrons. The lowest BCUT2D eigenvalue weighted by Gasteiger charge is -2.32. The Morgan fingerprint density at radius 2 is 1.88 bits per heavy atom. The molecule has 1 aliphatic rings. The number of carbonyl (C=O) groups is 3. The van der Waals surface area contributed by atoms with E-state index in [4.69, 9.17) is 14.5 Å². The Bertz CT molecular complexity index is 565. The van der Waals surface area contributed by atoms with E-state index in [1.807, 2.05) is 0 Å². The van der Waals surface area contributed by atoms with E-state index in [0.717, 1.165) is 0 Å². The molecule has 0 radical (unpaired) electrons. The number of nitrogens with one attached hydrogen (secondary N) is 2. The molecule has 1 fully saturated rings. The number of esters is 1. The monoisotopic (exact) mass is 412 g/mol. The van der Waals surface area contributed by atoms with Crippen LogP contribution in [0.4, 0.5) is 0 Å². The van der Waals surface area contributed by atoms with Crippen molar-refractivity contribution in [1.82, 2.24) is 10.6 Å². The highest BCUT2D eigenvalue weighted by Crippen LogP contribution is 2.39. The number of hydrogen-bond acceptors (Lipinski definition) is 7. The normalized spacial score (nSPS) is 22.0. The molecule has 0 spiro atoms. The van der Waals surface area contributed by atoms with Crippen molar-refractivity contribution >= 4 is 37.4 Å². The zero-order valence-corrected chi connectivity index (χ0v) is 16.4. The van der Waals surface area contributed by atoms with Gasteiger partial charge in [-0.3, -0.25) is 18.9 Å². The Morgan fingerprint density at radius 1 is 1.19 bits per heavy atom. The molecule has 1 saturated heterocycles. The minimum Gasteiger partial charge on any atom is -0.452 e. The average Bonchev–Trinajstić information content (AvgIpc) is 2.52. The van der Waals surface area contributed by atoms with Gasteiger partial charge in [0, 0.05) is 36.4 Å². The molecule has 1 atom stereocenters. The van der Waals surface area contributed by atoms with Crippen molar-refractivity contribution in [2.24, 2.45) is 5.41 Å². The van der Waals surface area contributed by atoms with Crippen molar-refractivity contribution in [2.75, 3.05) is 31.2 Å². The maximum absolute atomic E-state index is 12.4. The van der Waals surface area contributed by atoms with Gasteiger partial charge >= 0.3 is 13.8 Å². The second-order valence-electron chi connectivity index (χ2n) is 6.38. The first kappa shape index (κ1) is 22.9. The van der Waals surface area contributed by atoms with E-state index in [1.165, 1.54) is 25.6 Å². The van der Waals surface area contributed by atoms with Crippen LogP contribution in [0, 0.1) is 5.41 Å². The van der Waals surface area contributed by atoms with Gasteiger partial charge in [0.1, 0.15) is 0 Å². The summed E-state index contributed by atoms with van der Waals surface area (Å²) in [5, 5.41) is 5.22. The second-order valence-corrected chi connectivity index (χ2v) is 8.84. The Hall–Kier alpha value is -1.13. The number of hydrogen-bond donors (Lipinski definition) is 4. The van der Waals surface area contributed by atoms with Gasteiger partial charge in [0.2, 0.25) is 5.91 Å². The topological polar surface area (TPSA) is 151 Å². The van der Waals surface area contributed by atoms with E-state index in [0.29, 0.717) is 18.1 Å². The van der Waals surface area contributed by atoms with E-state index in [-0.39, 0.29) is 25.3 Å². The molecule has 0 saturated carbocycles. The molecule has 10 nitrogen and oxygen atoms in total. The van der Waals surface area contributed by atoms with Crippen LogP contribution in [-0.2, 0) is 28.2 Å². The van der Waals surface area contributed by atoms with Gasteiger partial charge in [-0.15, -0.1) is 0 Å². The van der Waals surface area contributed by atoms with Gasteiger partial charge in [0.25, 0.3) is 5.91 Å². The summed E-state index contributed by atoms with van der Waals surface area (Å²) in [4.78, 5) is 53.8. The zero-order valence-electron chi connectivity index (χ0n) is 14.7. The zero-order chi connectivity index (χ0) is 19.8. The number of amides is 2. The lowest BCUT2D eigenvalue weighted by Crippen LogP contribution is -2.49. The third kappa shape index (κ3) is 9.00. The van der Waals surface area contributed by atoms with Crippen molar-refractivity contribution in [3.63, 3.8) is 0 Å². The van der Waals surface area contributed by atoms with Crippen molar-refractivity contribution in [3.8, 4) is 0 Å². The van der Waals surface area contributed by atoms with Gasteiger partial charge in [0.05, 0.1) is 13.0 Å². The number of cyclic esters (lactones) is 1. The first-order valence-corrected chi connectivity index (χ1v) is 10.7. The predicted octanol–water partition coefficient (Wildman–Crippen LogP) is -0.207. The Balaban J connectivity index is 2.86. The predicted molar refractivity (Wildman–Crippen MR) is 94.2 cm³/mol. The van der Waals surface area contributed by atoms with E-state index in [9.17, 15) is 18.9 Å². The quantitative estimate of drug-likeness (QED) is 0.363. The van der Waals surface area contributed by atoms with Crippen molar-refractivity contribution in [2.45, 2.75) is 32.8 Å². The largest absolute Gasteiger partial charge is 0.469 e. The molecule has 1 rings (SSSR count). The van der Waals surface area contributed by atoms with Crippen LogP contribution < -0.4 is 10.6 Å². The Morgan fingerprint density at radius 3 is 2.54 bits per heavy atom. The smallest absolute Gasteiger partial charge is 0.452 e. The van der Waals surface area contributed by atoms with Crippen LogP contribution in [0.25, 0.3) is 0 Å². The van der Waals surface area contributed by atoms with Crippen LogP contribution in [0.1, 0.15) is 26.7 Å². The molecule has 2 amide bonds. The lowest BCUT2D eigenvalue weighted by molar-refractivity contribution is -0.164. The van der Waals surface area contributed by atoms with Crippen LogP contribution in [0.5, 0.6) is 0 Å². The fourth-order valence-electron chi connectivity index (χ4n) is 2.08. The van der Waals surface area contributed by atoms with Crippen LogP contribution in [0.3, 0.4) is 0 Å². The van der Waals surface area contributed by atoms with E-state index in [1.54, 1.807) is 0 Å². The van der Waals surface area contributed by atoms with Gasteiger partial charge in [-0.2, -0.15) is 11.8 Å². The first-order valence-electron chi connectivity index (χ1n) is 8.03. The maximum atomic E-state index is 12.4. The van der Waals surface area contributed by atoms with Gasteiger partial charge < -0.3 is 25.2 Å². The van der Waals surface area contributed by atoms with Crippen molar-refractivity contribution in [1.29, 1.82) is 0 Å². The summed E-state index contributed by atoms with van der Waals surface area (Å²) in [5.74, 6) is -0.349. The Kier molecular flexibility index (Phi) is 9.05. The molecule has 4 N–H and O–H groups in total. The number of ether oxygens (including phenoxy) is 1.